The van der Waals surface area contributed by atoms with E-state index in [1.165, 1.54) is 0 Å². The quantitative estimate of drug-likeness (QED) is 0.791. The lowest BCUT2D eigenvalue weighted by molar-refractivity contribution is -0.135. The van der Waals surface area contributed by atoms with Gasteiger partial charge in [0.2, 0.25) is 0 Å². The molecule has 0 fully saturated rings. The van der Waals surface area contributed by atoms with Gasteiger partial charge in [0.05, 0.1) is 13.0 Å². The standard InChI is InChI=1S/C12H14O3/c1-9-7-10(8-13)5-6-11(9)3-2-4-12(14)15/h2-3,5-7,13H,4,8H2,1H3,(H,14,15). The number of benzene rings is 1. The summed E-state index contributed by atoms with van der Waals surface area (Å²) in [6, 6.07) is 5.59. The van der Waals surface area contributed by atoms with Crippen molar-refractivity contribution >= 4 is 12.0 Å². The zero-order valence-electron chi connectivity index (χ0n) is 8.60. The maximum Gasteiger partial charge on any atom is 0.307 e. The van der Waals surface area contributed by atoms with Crippen LogP contribution in [0, 0.1) is 6.92 Å². The summed E-state index contributed by atoms with van der Waals surface area (Å²) in [4.78, 5) is 10.3. The lowest BCUT2D eigenvalue weighted by atomic mass is 10.0. The summed E-state index contributed by atoms with van der Waals surface area (Å²) >= 11 is 0. The van der Waals surface area contributed by atoms with E-state index >= 15 is 0 Å². The Labute approximate surface area is 88.7 Å². The van der Waals surface area contributed by atoms with Gasteiger partial charge in [0.25, 0.3) is 0 Å². The van der Waals surface area contributed by atoms with Crippen molar-refractivity contribution in [2.75, 3.05) is 0 Å². The summed E-state index contributed by atoms with van der Waals surface area (Å²) in [5.41, 5.74) is 2.87. The number of carboxylic acid groups (broad SMARTS) is 1. The molecule has 0 aromatic heterocycles. The van der Waals surface area contributed by atoms with E-state index in [0.29, 0.717) is 0 Å². The van der Waals surface area contributed by atoms with Crippen LogP contribution < -0.4 is 0 Å². The zero-order valence-corrected chi connectivity index (χ0v) is 8.60. The fourth-order valence-electron chi connectivity index (χ4n) is 1.31. The third-order valence-corrected chi connectivity index (χ3v) is 2.11. The van der Waals surface area contributed by atoms with Crippen molar-refractivity contribution in [1.82, 2.24) is 0 Å². The highest BCUT2D eigenvalue weighted by Gasteiger charge is 1.97. The molecule has 0 aliphatic heterocycles. The minimum Gasteiger partial charge on any atom is -0.481 e. The summed E-state index contributed by atoms with van der Waals surface area (Å²) in [5, 5.41) is 17.4. The van der Waals surface area contributed by atoms with Crippen molar-refractivity contribution in [3.8, 4) is 0 Å². The van der Waals surface area contributed by atoms with Crippen LogP contribution in [0.3, 0.4) is 0 Å². The van der Waals surface area contributed by atoms with Crippen molar-refractivity contribution in [1.29, 1.82) is 0 Å². The summed E-state index contributed by atoms with van der Waals surface area (Å²) in [7, 11) is 0. The van der Waals surface area contributed by atoms with Gasteiger partial charge < -0.3 is 10.2 Å². The molecule has 0 atom stereocenters. The first-order valence-electron chi connectivity index (χ1n) is 4.72. The number of hydrogen-bond acceptors (Lipinski definition) is 2. The maximum absolute atomic E-state index is 10.3. The number of rotatable bonds is 4. The van der Waals surface area contributed by atoms with Crippen LogP contribution in [0.2, 0.25) is 0 Å². The predicted molar refractivity (Wildman–Crippen MR) is 58.4 cm³/mol. The first kappa shape index (κ1) is 11.5. The smallest absolute Gasteiger partial charge is 0.307 e. The highest BCUT2D eigenvalue weighted by molar-refractivity contribution is 5.70. The molecular weight excluding hydrogens is 192 g/mol. The van der Waals surface area contributed by atoms with Gasteiger partial charge >= 0.3 is 5.97 Å². The second-order valence-electron chi connectivity index (χ2n) is 3.35. The number of hydrogen-bond donors (Lipinski definition) is 2. The molecule has 0 aliphatic rings. The number of aliphatic hydroxyl groups excluding tert-OH is 1. The van der Waals surface area contributed by atoms with Crippen LogP contribution >= 0.6 is 0 Å². The second kappa shape index (κ2) is 5.32. The predicted octanol–water partition coefficient (Wildman–Crippen LogP) is 1.98. The van der Waals surface area contributed by atoms with Gasteiger partial charge in [0.15, 0.2) is 0 Å². The molecule has 0 heterocycles. The molecule has 0 spiro atoms. The Morgan fingerprint density at radius 2 is 2.20 bits per heavy atom. The lowest BCUT2D eigenvalue weighted by Gasteiger charge is -2.02. The average molecular weight is 206 g/mol. The van der Waals surface area contributed by atoms with Crippen LogP contribution in [0.4, 0.5) is 0 Å². The summed E-state index contributed by atoms with van der Waals surface area (Å²) in [5.74, 6) is -0.837. The third kappa shape index (κ3) is 3.56. The van der Waals surface area contributed by atoms with Gasteiger partial charge in [-0.1, -0.05) is 30.4 Å². The van der Waals surface area contributed by atoms with Gasteiger partial charge in [0.1, 0.15) is 0 Å². The number of carboxylic acids is 1. The van der Waals surface area contributed by atoms with E-state index < -0.39 is 5.97 Å². The average Bonchev–Trinajstić information content (AvgIpc) is 2.20. The molecule has 15 heavy (non-hydrogen) atoms. The molecule has 0 saturated heterocycles. The van der Waals surface area contributed by atoms with Crippen LogP contribution in [-0.2, 0) is 11.4 Å². The lowest BCUT2D eigenvalue weighted by Crippen LogP contribution is -1.90. The van der Waals surface area contributed by atoms with E-state index in [0.717, 1.165) is 16.7 Å². The Bertz CT molecular complexity index is 380. The van der Waals surface area contributed by atoms with Gasteiger partial charge in [-0.2, -0.15) is 0 Å². The molecule has 0 aliphatic carbocycles. The van der Waals surface area contributed by atoms with E-state index in [-0.39, 0.29) is 13.0 Å². The SMILES string of the molecule is Cc1cc(CO)ccc1C=CCC(=O)O. The molecule has 0 radical (unpaired) electrons. The number of aliphatic hydroxyl groups is 1. The summed E-state index contributed by atoms with van der Waals surface area (Å²) in [6.45, 7) is 1.96. The molecule has 0 amide bonds. The monoisotopic (exact) mass is 206 g/mol. The van der Waals surface area contributed by atoms with Gasteiger partial charge in [-0.25, -0.2) is 0 Å². The molecule has 1 rings (SSSR count). The Morgan fingerprint density at radius 1 is 1.47 bits per heavy atom. The van der Waals surface area contributed by atoms with Gasteiger partial charge in [-0.3, -0.25) is 4.79 Å². The zero-order chi connectivity index (χ0) is 11.3. The number of aliphatic carboxylic acids is 1. The molecule has 0 saturated carbocycles. The van der Waals surface area contributed by atoms with Crippen molar-refractivity contribution in [2.24, 2.45) is 0 Å². The molecule has 0 bridgehead atoms. The molecule has 3 nitrogen and oxygen atoms in total. The van der Waals surface area contributed by atoms with E-state index in [9.17, 15) is 4.79 Å². The van der Waals surface area contributed by atoms with Crippen LogP contribution in [-0.4, -0.2) is 16.2 Å². The Kier molecular flexibility index (Phi) is 4.06. The van der Waals surface area contributed by atoms with E-state index in [4.69, 9.17) is 10.2 Å². The van der Waals surface area contributed by atoms with Crippen molar-refractivity contribution in [3.63, 3.8) is 0 Å². The minimum absolute atomic E-state index is 0.0277. The maximum atomic E-state index is 10.3. The fraction of sp³-hybridized carbons (Fsp3) is 0.250. The largest absolute Gasteiger partial charge is 0.481 e. The number of aryl methyl sites for hydroxylation is 1. The van der Waals surface area contributed by atoms with Crippen LogP contribution in [0.5, 0.6) is 0 Å². The van der Waals surface area contributed by atoms with Crippen LogP contribution in [0.15, 0.2) is 24.3 Å². The van der Waals surface area contributed by atoms with E-state index in [1.54, 1.807) is 12.2 Å². The fourth-order valence-corrected chi connectivity index (χ4v) is 1.31. The molecule has 0 unspecified atom stereocenters. The molecule has 1 aromatic carbocycles. The normalized spacial score (nSPS) is 10.8. The first-order valence-corrected chi connectivity index (χ1v) is 4.72. The molecule has 80 valence electrons. The highest BCUT2D eigenvalue weighted by atomic mass is 16.4. The topological polar surface area (TPSA) is 57.5 Å². The third-order valence-electron chi connectivity index (χ3n) is 2.11. The molecule has 2 N–H and O–H groups in total. The van der Waals surface area contributed by atoms with Crippen LogP contribution in [0.1, 0.15) is 23.1 Å². The highest BCUT2D eigenvalue weighted by Crippen LogP contribution is 2.13. The van der Waals surface area contributed by atoms with E-state index in [2.05, 4.69) is 0 Å². The van der Waals surface area contributed by atoms with Gasteiger partial charge in [0, 0.05) is 0 Å². The minimum atomic E-state index is -0.837. The van der Waals surface area contributed by atoms with Crippen molar-refractivity contribution < 1.29 is 15.0 Å². The Balaban J connectivity index is 2.78. The van der Waals surface area contributed by atoms with Crippen LogP contribution in [0.25, 0.3) is 6.08 Å². The molecule has 1 aromatic rings. The Morgan fingerprint density at radius 3 is 2.73 bits per heavy atom. The van der Waals surface area contributed by atoms with Crippen molar-refractivity contribution in [2.45, 2.75) is 20.0 Å². The summed E-state index contributed by atoms with van der Waals surface area (Å²) < 4.78 is 0. The second-order valence-corrected chi connectivity index (χ2v) is 3.35. The number of carbonyl (C=O) groups is 1. The first-order chi connectivity index (χ1) is 7.13. The van der Waals surface area contributed by atoms with Gasteiger partial charge in [-0.15, -0.1) is 0 Å². The molecule has 3 heteroatoms. The van der Waals surface area contributed by atoms with E-state index in [1.807, 2.05) is 25.1 Å². The summed E-state index contributed by atoms with van der Waals surface area (Å²) in [6.07, 6.45) is 3.43. The Hall–Kier alpha value is -1.61. The van der Waals surface area contributed by atoms with Crippen molar-refractivity contribution in [3.05, 3.63) is 41.0 Å². The molecular formula is C12H14O3. The van der Waals surface area contributed by atoms with Gasteiger partial charge in [-0.05, 0) is 23.6 Å².